The van der Waals surface area contributed by atoms with Crippen molar-refractivity contribution in [2.75, 3.05) is 28.4 Å². The fourth-order valence-electron chi connectivity index (χ4n) is 2.46. The second kappa shape index (κ2) is 9.36. The molecular weight excluding hydrogens is 334 g/mol. The molecule has 0 saturated heterocycles. The van der Waals surface area contributed by atoms with Gasteiger partial charge in [0.2, 0.25) is 11.7 Å². The van der Waals surface area contributed by atoms with Crippen LogP contribution in [-0.2, 0) is 11.3 Å². The number of methoxy groups -OCH3 is 4. The lowest BCUT2D eigenvalue weighted by Gasteiger charge is -2.14. The summed E-state index contributed by atoms with van der Waals surface area (Å²) in [6, 6.07) is 11.1. The predicted molar refractivity (Wildman–Crippen MR) is 100.0 cm³/mol. The van der Waals surface area contributed by atoms with E-state index in [-0.39, 0.29) is 5.91 Å². The molecule has 0 bridgehead atoms. The van der Waals surface area contributed by atoms with E-state index >= 15 is 0 Å². The Morgan fingerprint density at radius 2 is 1.54 bits per heavy atom. The molecule has 0 unspecified atom stereocenters. The molecule has 1 N–H and O–H groups in total. The van der Waals surface area contributed by atoms with Crippen molar-refractivity contribution in [2.45, 2.75) is 6.54 Å². The Labute approximate surface area is 153 Å². The van der Waals surface area contributed by atoms with Crippen LogP contribution in [-0.4, -0.2) is 34.3 Å². The second-order valence-electron chi connectivity index (χ2n) is 5.33. The van der Waals surface area contributed by atoms with E-state index in [1.54, 1.807) is 46.6 Å². The van der Waals surface area contributed by atoms with Crippen molar-refractivity contribution in [1.82, 2.24) is 5.32 Å². The van der Waals surface area contributed by atoms with Crippen LogP contribution in [0.4, 0.5) is 0 Å². The molecule has 26 heavy (non-hydrogen) atoms. The number of carbonyl (C=O) groups excluding carboxylic acids is 1. The highest BCUT2D eigenvalue weighted by Crippen LogP contribution is 2.38. The maximum Gasteiger partial charge on any atom is 0.244 e. The molecule has 0 aliphatic heterocycles. The molecule has 6 nitrogen and oxygen atoms in total. The highest BCUT2D eigenvalue weighted by molar-refractivity contribution is 5.92. The number of para-hydroxylation sites is 1. The molecule has 2 rings (SSSR count). The lowest BCUT2D eigenvalue weighted by Crippen LogP contribution is -2.20. The lowest BCUT2D eigenvalue weighted by molar-refractivity contribution is -0.116. The number of benzene rings is 2. The molecule has 2 aromatic rings. The molecule has 0 saturated carbocycles. The monoisotopic (exact) mass is 357 g/mol. The van der Waals surface area contributed by atoms with Crippen molar-refractivity contribution in [3.8, 4) is 23.0 Å². The van der Waals surface area contributed by atoms with Crippen LogP contribution >= 0.6 is 0 Å². The summed E-state index contributed by atoms with van der Waals surface area (Å²) in [5.41, 5.74) is 1.66. The number of hydrogen-bond acceptors (Lipinski definition) is 5. The number of carbonyl (C=O) groups is 1. The molecule has 0 spiro atoms. The largest absolute Gasteiger partial charge is 0.496 e. The lowest BCUT2D eigenvalue weighted by atomic mass is 10.1. The van der Waals surface area contributed by atoms with Gasteiger partial charge in [-0.15, -0.1) is 0 Å². The molecule has 0 atom stereocenters. The zero-order valence-electron chi connectivity index (χ0n) is 15.4. The first-order valence-corrected chi connectivity index (χ1v) is 8.00. The number of hydrogen-bond donors (Lipinski definition) is 1. The topological polar surface area (TPSA) is 66.0 Å². The van der Waals surface area contributed by atoms with Gasteiger partial charge in [-0.1, -0.05) is 18.2 Å². The molecule has 0 aliphatic carbocycles. The molecular formula is C20H23NO5. The predicted octanol–water partition coefficient (Wildman–Crippen LogP) is 3.05. The molecule has 0 heterocycles. The second-order valence-corrected chi connectivity index (χ2v) is 5.33. The fourth-order valence-corrected chi connectivity index (χ4v) is 2.46. The Morgan fingerprint density at radius 1 is 0.923 bits per heavy atom. The first-order chi connectivity index (χ1) is 12.6. The minimum absolute atomic E-state index is 0.218. The van der Waals surface area contributed by atoms with Crippen LogP contribution in [0.25, 0.3) is 6.08 Å². The van der Waals surface area contributed by atoms with E-state index in [9.17, 15) is 4.79 Å². The summed E-state index contributed by atoms with van der Waals surface area (Å²) in [4.78, 5) is 12.1. The van der Waals surface area contributed by atoms with Crippen molar-refractivity contribution < 1.29 is 23.7 Å². The number of amides is 1. The van der Waals surface area contributed by atoms with Crippen molar-refractivity contribution in [3.05, 3.63) is 53.6 Å². The van der Waals surface area contributed by atoms with Crippen LogP contribution in [0.2, 0.25) is 0 Å². The van der Waals surface area contributed by atoms with Gasteiger partial charge < -0.3 is 24.3 Å². The SMILES string of the molecule is COc1ccccc1/C=C/C(=O)NCc1cc(OC)c(OC)c(OC)c1. The molecule has 1 amide bonds. The highest BCUT2D eigenvalue weighted by atomic mass is 16.5. The van der Waals surface area contributed by atoms with Crippen LogP contribution in [0.15, 0.2) is 42.5 Å². The van der Waals surface area contributed by atoms with Crippen molar-refractivity contribution in [3.63, 3.8) is 0 Å². The summed E-state index contributed by atoms with van der Waals surface area (Å²) >= 11 is 0. The Kier molecular flexibility index (Phi) is 6.91. The average molecular weight is 357 g/mol. The molecule has 0 radical (unpaired) electrons. The molecule has 0 aromatic heterocycles. The van der Waals surface area contributed by atoms with E-state index in [4.69, 9.17) is 18.9 Å². The zero-order valence-corrected chi connectivity index (χ0v) is 15.4. The van der Waals surface area contributed by atoms with Crippen LogP contribution in [0.3, 0.4) is 0 Å². The third-order valence-corrected chi connectivity index (χ3v) is 3.74. The summed E-state index contributed by atoms with van der Waals surface area (Å²) in [6.07, 6.45) is 3.18. The normalized spacial score (nSPS) is 10.5. The average Bonchev–Trinajstić information content (AvgIpc) is 2.69. The third kappa shape index (κ3) is 4.69. The Morgan fingerprint density at radius 3 is 2.12 bits per heavy atom. The van der Waals surface area contributed by atoms with Gasteiger partial charge in [-0.2, -0.15) is 0 Å². The van der Waals surface area contributed by atoms with E-state index in [1.807, 2.05) is 24.3 Å². The van der Waals surface area contributed by atoms with Gasteiger partial charge in [0.05, 0.1) is 28.4 Å². The van der Waals surface area contributed by atoms with Gasteiger partial charge in [-0.3, -0.25) is 4.79 Å². The standard InChI is InChI=1S/C20H23NO5/c1-23-16-8-6-5-7-15(16)9-10-19(22)21-13-14-11-17(24-2)20(26-4)18(12-14)25-3/h5-12H,13H2,1-4H3,(H,21,22)/b10-9+. The number of rotatable bonds is 8. The van der Waals surface area contributed by atoms with Gasteiger partial charge >= 0.3 is 0 Å². The summed E-state index contributed by atoms with van der Waals surface area (Å²) in [5.74, 6) is 2.09. The summed E-state index contributed by atoms with van der Waals surface area (Å²) in [5, 5.41) is 2.83. The minimum Gasteiger partial charge on any atom is -0.496 e. The van der Waals surface area contributed by atoms with E-state index in [0.717, 1.165) is 11.1 Å². The first-order valence-electron chi connectivity index (χ1n) is 8.00. The van der Waals surface area contributed by atoms with Gasteiger partial charge in [0.15, 0.2) is 11.5 Å². The third-order valence-electron chi connectivity index (χ3n) is 3.74. The number of nitrogens with one attached hydrogen (secondary N) is 1. The Balaban J connectivity index is 2.06. The first kappa shape index (κ1) is 19.2. The van der Waals surface area contributed by atoms with Crippen molar-refractivity contribution in [1.29, 1.82) is 0 Å². The van der Waals surface area contributed by atoms with Crippen molar-refractivity contribution in [2.24, 2.45) is 0 Å². The Bertz CT molecular complexity index is 761. The molecule has 0 fully saturated rings. The van der Waals surface area contributed by atoms with E-state index in [2.05, 4.69) is 5.32 Å². The fraction of sp³-hybridized carbons (Fsp3) is 0.250. The summed E-state index contributed by atoms with van der Waals surface area (Å²) in [6.45, 7) is 0.325. The summed E-state index contributed by atoms with van der Waals surface area (Å²) in [7, 11) is 6.24. The Hall–Kier alpha value is -3.15. The van der Waals surface area contributed by atoms with Crippen LogP contribution in [0, 0.1) is 0 Å². The van der Waals surface area contributed by atoms with Gasteiger partial charge in [-0.25, -0.2) is 0 Å². The van der Waals surface area contributed by atoms with E-state index in [1.165, 1.54) is 6.08 Å². The molecule has 0 aliphatic rings. The molecule has 2 aromatic carbocycles. The van der Waals surface area contributed by atoms with Crippen molar-refractivity contribution >= 4 is 12.0 Å². The molecule has 138 valence electrons. The van der Waals surface area contributed by atoms with Gasteiger partial charge in [0.25, 0.3) is 0 Å². The minimum atomic E-state index is -0.218. The number of ether oxygens (including phenoxy) is 4. The highest BCUT2D eigenvalue weighted by Gasteiger charge is 2.13. The van der Waals surface area contributed by atoms with Gasteiger partial charge in [-0.05, 0) is 29.8 Å². The van der Waals surface area contributed by atoms with Crippen LogP contribution in [0.1, 0.15) is 11.1 Å². The molecule has 6 heteroatoms. The summed E-state index contributed by atoms with van der Waals surface area (Å²) < 4.78 is 21.2. The van der Waals surface area contributed by atoms with Crippen LogP contribution < -0.4 is 24.3 Å². The van der Waals surface area contributed by atoms with Gasteiger partial charge in [0, 0.05) is 18.2 Å². The maximum absolute atomic E-state index is 12.1. The van der Waals surface area contributed by atoms with E-state index < -0.39 is 0 Å². The maximum atomic E-state index is 12.1. The smallest absolute Gasteiger partial charge is 0.244 e. The zero-order chi connectivity index (χ0) is 18.9. The van der Waals surface area contributed by atoms with Crippen LogP contribution in [0.5, 0.6) is 23.0 Å². The quantitative estimate of drug-likeness (QED) is 0.736. The van der Waals surface area contributed by atoms with E-state index in [0.29, 0.717) is 29.5 Å². The van der Waals surface area contributed by atoms with Gasteiger partial charge in [0.1, 0.15) is 5.75 Å².